The summed E-state index contributed by atoms with van der Waals surface area (Å²) in [5, 5.41) is 29.2. The molecular weight excluding hydrogens is 918 g/mol. The number of nitrogens with zero attached hydrogens (tertiary/aromatic N) is 3. The van der Waals surface area contributed by atoms with Gasteiger partial charge >= 0.3 is 0 Å². The highest BCUT2D eigenvalue weighted by molar-refractivity contribution is 7.13. The molecule has 0 bridgehead atoms. The molecule has 0 spiro atoms. The van der Waals surface area contributed by atoms with E-state index in [0.717, 1.165) is 34.5 Å². The van der Waals surface area contributed by atoms with Crippen LogP contribution in [-0.2, 0) is 19.1 Å². The summed E-state index contributed by atoms with van der Waals surface area (Å²) in [5.41, 5.74) is 10.1. The number of nitrogens with one attached hydrogen (secondary N) is 3. The molecule has 17 heteroatoms. The first kappa shape index (κ1) is 52.8. The SMILES string of the molecule is Cc1ncsc1-c1ccc([C@@H](CN)NC(=O)[C@@H]2C[C@@H](O)CN2C(=O)C(NC(=O)COCCCCCOc2ccc(C(=O)N[C@H]3C(C)(C)[C@H](Oc4ccc(C#N)c(Cl)c4)C3(C)C)cc2)C(C)(C)C)cc1. The number of amides is 4. The number of halogens is 1. The van der Waals surface area contributed by atoms with E-state index in [9.17, 15) is 29.5 Å². The number of nitrogens with two attached hydrogens (primary N) is 1. The lowest BCUT2D eigenvalue weighted by Gasteiger charge is -2.63. The average Bonchev–Trinajstić information content (AvgIpc) is 3.93. The maximum atomic E-state index is 14.1. The van der Waals surface area contributed by atoms with Crippen molar-refractivity contribution in [2.24, 2.45) is 22.0 Å². The molecule has 1 saturated carbocycles. The number of likely N-dealkylation sites (tertiary alicyclic amines) is 1. The van der Waals surface area contributed by atoms with Gasteiger partial charge < -0.3 is 45.9 Å². The van der Waals surface area contributed by atoms with Crippen LogP contribution in [0, 0.1) is 34.5 Å². The Morgan fingerprint density at radius 2 is 1.64 bits per heavy atom. The van der Waals surface area contributed by atoms with Gasteiger partial charge in [0, 0.05) is 54.6 Å². The van der Waals surface area contributed by atoms with Gasteiger partial charge in [-0.05, 0) is 79.1 Å². The quantitative estimate of drug-likeness (QED) is 0.0561. The number of carbonyl (C=O) groups is 4. The normalized spacial score (nSPS) is 20.2. The third-order valence-electron chi connectivity index (χ3n) is 13.1. The van der Waals surface area contributed by atoms with Gasteiger partial charge in [-0.25, -0.2) is 4.98 Å². The fourth-order valence-electron chi connectivity index (χ4n) is 9.67. The fraction of sp³-hybridized carbons (Fsp3) is 0.500. The molecule has 3 aromatic carbocycles. The summed E-state index contributed by atoms with van der Waals surface area (Å²) >= 11 is 7.79. The molecule has 370 valence electrons. The molecule has 4 amide bonds. The number of unbranched alkanes of at least 4 members (excludes halogenated alkanes) is 2. The van der Waals surface area contributed by atoms with E-state index in [4.69, 9.17) is 31.5 Å². The van der Waals surface area contributed by atoms with E-state index >= 15 is 0 Å². The van der Waals surface area contributed by atoms with E-state index in [1.165, 1.54) is 4.90 Å². The number of benzene rings is 3. The Bertz CT molecular complexity index is 2470. The topological polar surface area (TPSA) is 218 Å². The van der Waals surface area contributed by atoms with Gasteiger partial charge in [0.05, 0.1) is 45.4 Å². The number of aliphatic hydroxyl groups excluding tert-OH is 1. The Morgan fingerprint density at radius 3 is 2.25 bits per heavy atom. The lowest BCUT2D eigenvalue weighted by molar-refractivity contribution is -0.164. The number of carbonyl (C=O) groups excluding carboxylic acids is 4. The summed E-state index contributed by atoms with van der Waals surface area (Å²) in [6, 6.07) is 19.2. The number of hydrogen-bond donors (Lipinski definition) is 5. The minimum atomic E-state index is -0.986. The standard InChI is InChI=1S/C52H66ClN7O8S/c1-31-43(69-30-56-31)33-14-12-32(13-15-33)40(27-55)57-46(64)41-24-36(61)28-60(41)47(65)44(50(2,3)4)58-42(62)29-66-22-10-9-11-23-67-37-19-16-34(17-20-37)45(63)59-48-51(5,6)49(52(48,7)8)68-38-21-18-35(26-54)39(53)25-38/h12-21,25,30,36,40-41,44,48-49,61H,9-11,22-24,27-29,55H2,1-8H3,(H,57,64)(H,58,62)(H,59,63)/t36-,40-,41+,44?,48-,49-/m1/s1. The molecule has 4 atom stereocenters. The Hall–Kier alpha value is -5.57. The second-order valence-electron chi connectivity index (χ2n) is 20.2. The Labute approximate surface area is 414 Å². The molecule has 2 aliphatic rings. The predicted molar refractivity (Wildman–Crippen MR) is 266 cm³/mol. The van der Waals surface area contributed by atoms with Crippen molar-refractivity contribution in [2.75, 3.05) is 32.9 Å². The van der Waals surface area contributed by atoms with Crippen LogP contribution in [0.4, 0.5) is 0 Å². The summed E-state index contributed by atoms with van der Waals surface area (Å²) in [5.74, 6) is -0.347. The molecule has 69 heavy (non-hydrogen) atoms. The molecule has 1 aromatic heterocycles. The van der Waals surface area contributed by atoms with Crippen LogP contribution < -0.4 is 31.2 Å². The maximum absolute atomic E-state index is 14.1. The van der Waals surface area contributed by atoms with E-state index in [1.807, 2.05) is 52.0 Å². The first-order chi connectivity index (χ1) is 32.6. The van der Waals surface area contributed by atoms with E-state index in [2.05, 4.69) is 54.7 Å². The zero-order valence-corrected chi connectivity index (χ0v) is 42.3. The highest BCUT2D eigenvalue weighted by Gasteiger charge is 2.64. The van der Waals surface area contributed by atoms with Crippen molar-refractivity contribution < 1.29 is 38.5 Å². The van der Waals surface area contributed by atoms with Crippen LogP contribution in [0.25, 0.3) is 10.4 Å². The number of aryl methyl sites for hydroxylation is 1. The van der Waals surface area contributed by atoms with Gasteiger partial charge in [-0.2, -0.15) is 5.26 Å². The third kappa shape index (κ3) is 12.6. The van der Waals surface area contributed by atoms with Crippen molar-refractivity contribution in [2.45, 2.75) is 117 Å². The van der Waals surface area contributed by atoms with Gasteiger partial charge in [0.1, 0.15) is 42.4 Å². The number of rotatable bonds is 20. The molecule has 15 nitrogen and oxygen atoms in total. The first-order valence-corrected chi connectivity index (χ1v) is 24.7. The van der Waals surface area contributed by atoms with Crippen molar-refractivity contribution in [1.29, 1.82) is 5.26 Å². The molecule has 2 fully saturated rings. The molecule has 1 aliphatic heterocycles. The number of hydrogen-bond acceptors (Lipinski definition) is 12. The van der Waals surface area contributed by atoms with Gasteiger partial charge in [-0.3, -0.25) is 19.2 Å². The summed E-state index contributed by atoms with van der Waals surface area (Å²) in [6.07, 6.45) is 1.13. The van der Waals surface area contributed by atoms with Crippen LogP contribution in [-0.4, -0.2) is 102 Å². The highest BCUT2D eigenvalue weighted by atomic mass is 35.5. The molecule has 6 rings (SSSR count). The minimum absolute atomic E-state index is 0.0474. The van der Waals surface area contributed by atoms with Gasteiger partial charge in [-0.1, -0.05) is 84.3 Å². The van der Waals surface area contributed by atoms with Gasteiger partial charge in [0.25, 0.3) is 5.91 Å². The molecule has 1 unspecified atom stereocenters. The highest BCUT2D eigenvalue weighted by Crippen LogP contribution is 2.55. The van der Waals surface area contributed by atoms with E-state index < -0.39 is 58.2 Å². The molecule has 6 N–H and O–H groups in total. The van der Waals surface area contributed by atoms with Crippen molar-refractivity contribution in [3.8, 4) is 28.0 Å². The monoisotopic (exact) mass is 983 g/mol. The molecule has 0 radical (unpaired) electrons. The van der Waals surface area contributed by atoms with Crippen LogP contribution >= 0.6 is 22.9 Å². The smallest absolute Gasteiger partial charge is 0.251 e. The number of ether oxygens (including phenoxy) is 3. The third-order valence-corrected chi connectivity index (χ3v) is 14.4. The molecule has 1 aliphatic carbocycles. The van der Waals surface area contributed by atoms with Crippen molar-refractivity contribution in [3.05, 3.63) is 99.6 Å². The lowest BCUT2D eigenvalue weighted by Crippen LogP contribution is -2.74. The van der Waals surface area contributed by atoms with Crippen molar-refractivity contribution in [3.63, 3.8) is 0 Å². The first-order valence-electron chi connectivity index (χ1n) is 23.4. The van der Waals surface area contributed by atoms with Gasteiger partial charge in [0.2, 0.25) is 17.7 Å². The van der Waals surface area contributed by atoms with Crippen molar-refractivity contribution in [1.82, 2.24) is 25.8 Å². The second kappa shape index (κ2) is 22.5. The van der Waals surface area contributed by atoms with Crippen LogP contribution in [0.3, 0.4) is 0 Å². The Morgan fingerprint density at radius 1 is 0.971 bits per heavy atom. The number of β-amino-alcohol motifs (C(OH)–C–C–N with tert-alkyl or cyclic N) is 1. The van der Waals surface area contributed by atoms with Crippen LogP contribution in [0.2, 0.25) is 5.02 Å². The number of aliphatic hydroxyl groups is 1. The van der Waals surface area contributed by atoms with Crippen molar-refractivity contribution >= 4 is 46.6 Å². The summed E-state index contributed by atoms with van der Waals surface area (Å²) in [4.78, 5) is 61.1. The minimum Gasteiger partial charge on any atom is -0.494 e. The second-order valence-corrected chi connectivity index (χ2v) is 21.5. The van der Waals surface area contributed by atoms with E-state index in [0.29, 0.717) is 47.3 Å². The zero-order chi connectivity index (χ0) is 50.3. The molecule has 1 saturated heterocycles. The largest absolute Gasteiger partial charge is 0.494 e. The predicted octanol–water partition coefficient (Wildman–Crippen LogP) is 7.13. The van der Waals surface area contributed by atoms with Crippen LogP contribution in [0.5, 0.6) is 11.5 Å². The summed E-state index contributed by atoms with van der Waals surface area (Å²) < 4.78 is 18.0. The lowest BCUT2D eigenvalue weighted by atomic mass is 9.49. The summed E-state index contributed by atoms with van der Waals surface area (Å²) in [7, 11) is 0. The Balaban J connectivity index is 0.896. The van der Waals surface area contributed by atoms with Crippen LogP contribution in [0.15, 0.2) is 72.2 Å². The molecule has 2 heterocycles. The van der Waals surface area contributed by atoms with Gasteiger partial charge in [-0.15, -0.1) is 11.3 Å². The van der Waals surface area contributed by atoms with Crippen LogP contribution in [0.1, 0.15) is 107 Å². The zero-order valence-electron chi connectivity index (χ0n) is 40.8. The maximum Gasteiger partial charge on any atom is 0.251 e. The fourth-order valence-corrected chi connectivity index (χ4v) is 10.7. The van der Waals surface area contributed by atoms with E-state index in [-0.39, 0.29) is 44.2 Å². The number of thiazole rings is 1. The molecule has 4 aromatic rings. The average molecular weight is 985 g/mol. The number of nitriles is 1. The van der Waals surface area contributed by atoms with Gasteiger partial charge in [0.15, 0.2) is 0 Å². The van der Waals surface area contributed by atoms with E-state index in [1.54, 1.807) is 59.3 Å². The summed E-state index contributed by atoms with van der Waals surface area (Å²) in [6.45, 7) is 16.3. The number of aromatic nitrogens is 1. The molecular formula is C52H66ClN7O8S. The Kier molecular flexibility index (Phi) is 17.2.